The fourth-order valence-electron chi connectivity index (χ4n) is 2.06. The van der Waals surface area contributed by atoms with Gasteiger partial charge in [-0.05, 0) is 19.8 Å². The number of rotatable bonds is 7. The van der Waals surface area contributed by atoms with Crippen LogP contribution in [0.25, 0.3) is 4.96 Å². The number of hydrogen-bond acceptors (Lipinski definition) is 3. The number of unbranched alkanes of at least 4 members (excludes halogenated alkanes) is 1. The van der Waals surface area contributed by atoms with Crippen molar-refractivity contribution in [3.05, 3.63) is 36.1 Å². The second-order valence-electron chi connectivity index (χ2n) is 4.85. The molecule has 0 bridgehead atoms. The highest BCUT2D eigenvalue weighted by atomic mass is 127. The molecule has 2 heterocycles. The van der Waals surface area contributed by atoms with Crippen LogP contribution in [-0.4, -0.2) is 40.4 Å². The van der Waals surface area contributed by atoms with E-state index in [1.807, 2.05) is 28.3 Å². The van der Waals surface area contributed by atoms with E-state index in [9.17, 15) is 0 Å². The Bertz CT molecular complexity index is 575. The van der Waals surface area contributed by atoms with Crippen molar-refractivity contribution in [3.63, 3.8) is 0 Å². The van der Waals surface area contributed by atoms with E-state index in [4.69, 9.17) is 0 Å². The number of thiazole rings is 1. The van der Waals surface area contributed by atoms with E-state index in [1.54, 1.807) is 11.3 Å². The first kappa shape index (κ1) is 19.0. The third kappa shape index (κ3) is 5.28. The number of nitrogens with one attached hydrogen (secondary N) is 1. The van der Waals surface area contributed by atoms with Gasteiger partial charge in [0.25, 0.3) is 0 Å². The van der Waals surface area contributed by atoms with Crippen LogP contribution >= 0.6 is 35.3 Å². The van der Waals surface area contributed by atoms with Crippen molar-refractivity contribution < 1.29 is 0 Å². The monoisotopic (exact) mass is 433 g/mol. The fraction of sp³-hybridized carbons (Fsp3) is 0.467. The number of aliphatic imine (C=N–C) groups is 1. The van der Waals surface area contributed by atoms with E-state index in [0.717, 1.165) is 42.5 Å². The molecule has 1 N–H and O–H groups in total. The van der Waals surface area contributed by atoms with Gasteiger partial charge in [0, 0.05) is 37.9 Å². The van der Waals surface area contributed by atoms with Crippen LogP contribution in [0.5, 0.6) is 0 Å². The zero-order chi connectivity index (χ0) is 15.1. The number of imidazole rings is 1. The van der Waals surface area contributed by atoms with Crippen molar-refractivity contribution in [2.45, 2.75) is 26.3 Å². The van der Waals surface area contributed by atoms with Gasteiger partial charge >= 0.3 is 0 Å². The topological polar surface area (TPSA) is 44.9 Å². The number of halogens is 1. The second kappa shape index (κ2) is 9.83. The Kier molecular flexibility index (Phi) is 8.47. The van der Waals surface area contributed by atoms with Crippen molar-refractivity contribution >= 4 is 46.2 Å². The first-order chi connectivity index (χ1) is 10.2. The summed E-state index contributed by atoms with van der Waals surface area (Å²) in [5, 5.41) is 5.36. The van der Waals surface area contributed by atoms with Gasteiger partial charge in [-0.3, -0.25) is 4.40 Å². The van der Waals surface area contributed by atoms with Crippen LogP contribution in [-0.2, 0) is 6.54 Å². The molecule has 5 nitrogen and oxygen atoms in total. The molecule has 0 saturated carbocycles. The Labute approximate surface area is 153 Å². The van der Waals surface area contributed by atoms with Gasteiger partial charge in [-0.1, -0.05) is 6.08 Å². The molecule has 2 rings (SSSR count). The Morgan fingerprint density at radius 3 is 3.09 bits per heavy atom. The molecule has 0 spiro atoms. The van der Waals surface area contributed by atoms with Gasteiger partial charge in [-0.15, -0.1) is 41.9 Å². The Morgan fingerprint density at radius 1 is 1.59 bits per heavy atom. The summed E-state index contributed by atoms with van der Waals surface area (Å²) >= 11 is 1.64. The molecule has 0 aromatic carbocycles. The van der Waals surface area contributed by atoms with Crippen LogP contribution in [0.2, 0.25) is 0 Å². The van der Waals surface area contributed by atoms with Crippen LogP contribution < -0.4 is 5.32 Å². The van der Waals surface area contributed by atoms with Crippen molar-refractivity contribution in [1.82, 2.24) is 19.6 Å². The number of fused-ring (bicyclic) bond motifs is 1. The van der Waals surface area contributed by atoms with E-state index in [-0.39, 0.29) is 24.0 Å². The number of guanidine groups is 1. The van der Waals surface area contributed by atoms with Crippen molar-refractivity contribution in [2.75, 3.05) is 20.1 Å². The minimum Gasteiger partial charge on any atom is -0.357 e. The first-order valence-electron chi connectivity index (χ1n) is 7.26. The third-order valence-corrected chi connectivity index (χ3v) is 3.90. The van der Waals surface area contributed by atoms with Gasteiger partial charge in [0.1, 0.15) is 0 Å². The molecular formula is C15H24IN5S. The van der Waals surface area contributed by atoms with Crippen LogP contribution in [0.15, 0.2) is 35.4 Å². The summed E-state index contributed by atoms with van der Waals surface area (Å²) in [6.45, 7) is 8.27. The maximum atomic E-state index is 4.67. The molecule has 0 aliphatic rings. The Morgan fingerprint density at radius 2 is 2.41 bits per heavy atom. The number of nitrogens with zero attached hydrogens (tertiary/aromatic N) is 4. The van der Waals surface area contributed by atoms with Crippen LogP contribution in [0.1, 0.15) is 25.5 Å². The zero-order valence-corrected chi connectivity index (χ0v) is 16.3. The minimum atomic E-state index is 0. The van der Waals surface area contributed by atoms with Crippen molar-refractivity contribution in [3.8, 4) is 0 Å². The summed E-state index contributed by atoms with van der Waals surface area (Å²) in [6, 6.07) is 0. The van der Waals surface area contributed by atoms with Gasteiger partial charge < -0.3 is 10.2 Å². The first-order valence-corrected chi connectivity index (χ1v) is 8.14. The summed E-state index contributed by atoms with van der Waals surface area (Å²) in [6.07, 6.45) is 8.13. The molecule has 7 heteroatoms. The lowest BCUT2D eigenvalue weighted by molar-refractivity contribution is 0.470. The molecule has 2 aromatic heterocycles. The van der Waals surface area contributed by atoms with E-state index in [2.05, 4.69) is 40.7 Å². The summed E-state index contributed by atoms with van der Waals surface area (Å²) in [5.74, 6) is 0.929. The predicted molar refractivity (Wildman–Crippen MR) is 105 cm³/mol. The second-order valence-corrected chi connectivity index (χ2v) is 5.72. The summed E-state index contributed by atoms with van der Waals surface area (Å²) < 4.78 is 2.04. The number of allylic oxidation sites excluding steroid dienone is 1. The largest absolute Gasteiger partial charge is 0.357 e. The molecule has 0 radical (unpaired) electrons. The van der Waals surface area contributed by atoms with Gasteiger partial charge in [0.15, 0.2) is 10.9 Å². The SMILES string of the molecule is C=CCCCN(C)C(=NCc1cn2ccsc2n1)NCC.I. The quantitative estimate of drug-likeness (QED) is 0.240. The normalized spacial score (nSPS) is 11.3. The smallest absolute Gasteiger partial charge is 0.194 e. The molecule has 122 valence electrons. The van der Waals surface area contributed by atoms with Crippen molar-refractivity contribution in [1.29, 1.82) is 0 Å². The van der Waals surface area contributed by atoms with Crippen LogP contribution in [0.3, 0.4) is 0 Å². The summed E-state index contributed by atoms with van der Waals surface area (Å²) in [5.41, 5.74) is 0.997. The fourth-order valence-corrected chi connectivity index (χ4v) is 2.78. The minimum absolute atomic E-state index is 0. The van der Waals surface area contributed by atoms with E-state index in [0.29, 0.717) is 6.54 Å². The van der Waals surface area contributed by atoms with Crippen molar-refractivity contribution in [2.24, 2.45) is 4.99 Å². The zero-order valence-electron chi connectivity index (χ0n) is 13.2. The van der Waals surface area contributed by atoms with Gasteiger partial charge in [-0.2, -0.15) is 0 Å². The van der Waals surface area contributed by atoms with Crippen LogP contribution in [0.4, 0.5) is 0 Å². The summed E-state index contributed by atoms with van der Waals surface area (Å²) in [4.78, 5) is 12.4. The average molecular weight is 433 g/mol. The molecule has 2 aromatic rings. The highest BCUT2D eigenvalue weighted by Gasteiger charge is 2.06. The predicted octanol–water partition coefficient (Wildman–Crippen LogP) is 3.38. The molecule has 0 saturated heterocycles. The Hall–Kier alpha value is -1.09. The Balaban J connectivity index is 0.00000242. The molecule has 0 aliphatic carbocycles. The van der Waals surface area contributed by atoms with E-state index in [1.165, 1.54) is 0 Å². The molecule has 0 unspecified atom stereocenters. The molecule has 0 fully saturated rings. The average Bonchev–Trinajstić information content (AvgIpc) is 3.04. The lowest BCUT2D eigenvalue weighted by atomic mass is 10.3. The summed E-state index contributed by atoms with van der Waals surface area (Å²) in [7, 11) is 2.07. The molecular weight excluding hydrogens is 409 g/mol. The highest BCUT2D eigenvalue weighted by Crippen LogP contribution is 2.12. The highest BCUT2D eigenvalue weighted by molar-refractivity contribution is 14.0. The number of aromatic nitrogens is 2. The molecule has 0 atom stereocenters. The van der Waals surface area contributed by atoms with Crippen LogP contribution in [0, 0.1) is 0 Å². The molecule has 0 aliphatic heterocycles. The van der Waals surface area contributed by atoms with Gasteiger partial charge in [0.05, 0.1) is 12.2 Å². The molecule has 0 amide bonds. The lowest BCUT2D eigenvalue weighted by Gasteiger charge is -2.21. The number of hydrogen-bond donors (Lipinski definition) is 1. The maximum Gasteiger partial charge on any atom is 0.194 e. The van der Waals surface area contributed by atoms with E-state index < -0.39 is 0 Å². The standard InChI is InChI=1S/C15H23N5S.HI/c1-4-6-7-8-19(3)14(16-5-2)17-11-13-12-20-9-10-21-15(20)18-13;/h4,9-10,12H,1,5-8,11H2,2-3H3,(H,16,17);1H. The van der Waals surface area contributed by atoms with Gasteiger partial charge in [-0.25, -0.2) is 9.98 Å². The van der Waals surface area contributed by atoms with Gasteiger partial charge in [0.2, 0.25) is 0 Å². The third-order valence-electron chi connectivity index (χ3n) is 3.13. The maximum absolute atomic E-state index is 4.67. The van der Waals surface area contributed by atoms with E-state index >= 15 is 0 Å². The lowest BCUT2D eigenvalue weighted by Crippen LogP contribution is -2.39. The molecule has 22 heavy (non-hydrogen) atoms.